The van der Waals surface area contributed by atoms with E-state index in [-0.39, 0.29) is 23.1 Å². The van der Waals surface area contributed by atoms with E-state index in [4.69, 9.17) is 4.74 Å². The number of ether oxygens (including phenoxy) is 1. The highest BCUT2D eigenvalue weighted by molar-refractivity contribution is 7.91. The average Bonchev–Trinajstić information content (AvgIpc) is 3.21. The zero-order valence-corrected chi connectivity index (χ0v) is 18.4. The lowest BCUT2D eigenvalue weighted by atomic mass is 10.1. The summed E-state index contributed by atoms with van der Waals surface area (Å²) in [5.74, 6) is 1.48. The fourth-order valence-electron chi connectivity index (χ4n) is 3.17. The van der Waals surface area contributed by atoms with Gasteiger partial charge in [-0.25, -0.2) is 13.4 Å². The summed E-state index contributed by atoms with van der Waals surface area (Å²) >= 11 is 0. The molecule has 0 saturated heterocycles. The Morgan fingerprint density at radius 3 is 2.56 bits per heavy atom. The monoisotopic (exact) mass is 450 g/mol. The van der Waals surface area contributed by atoms with Gasteiger partial charge >= 0.3 is 0 Å². The van der Waals surface area contributed by atoms with E-state index in [0.717, 1.165) is 11.1 Å². The van der Waals surface area contributed by atoms with Gasteiger partial charge in [0, 0.05) is 31.3 Å². The van der Waals surface area contributed by atoms with Gasteiger partial charge in [-0.3, -0.25) is 9.78 Å². The Morgan fingerprint density at radius 2 is 1.91 bits per heavy atom. The standard InChI is InChI=1S/C23H22N4O4S/c1-3-32(29,30)18-9-7-17(8-10-18)31-22-13-21-20(12-16(22)14-25-15(2)28)26-23(27-21)19-6-4-5-11-24-19/h4-13H,3,14H2,1-2H3,(H,25,28)(H,26,27). The van der Waals surface area contributed by atoms with Crippen molar-refractivity contribution in [3.63, 3.8) is 0 Å². The number of nitrogens with zero attached hydrogens (tertiary/aromatic N) is 2. The molecule has 0 atom stereocenters. The minimum absolute atomic E-state index is 0.0303. The Balaban J connectivity index is 1.71. The maximum absolute atomic E-state index is 12.0. The molecular formula is C23H22N4O4S. The van der Waals surface area contributed by atoms with E-state index in [0.29, 0.717) is 28.5 Å². The molecule has 2 heterocycles. The second kappa shape index (κ2) is 8.80. The zero-order valence-electron chi connectivity index (χ0n) is 17.6. The van der Waals surface area contributed by atoms with Crippen molar-refractivity contribution in [1.82, 2.24) is 20.3 Å². The molecule has 4 rings (SSSR count). The van der Waals surface area contributed by atoms with Crippen molar-refractivity contribution in [3.05, 3.63) is 66.4 Å². The number of sulfone groups is 1. The highest BCUT2D eigenvalue weighted by Gasteiger charge is 2.15. The second-order valence-corrected chi connectivity index (χ2v) is 9.44. The number of aromatic amines is 1. The summed E-state index contributed by atoms with van der Waals surface area (Å²) in [7, 11) is -3.29. The summed E-state index contributed by atoms with van der Waals surface area (Å²) in [6, 6.07) is 15.5. The average molecular weight is 451 g/mol. The summed E-state index contributed by atoms with van der Waals surface area (Å²) in [6.07, 6.45) is 1.70. The minimum atomic E-state index is -3.29. The van der Waals surface area contributed by atoms with E-state index in [2.05, 4.69) is 20.3 Å². The van der Waals surface area contributed by atoms with Gasteiger partial charge in [0.05, 0.1) is 21.7 Å². The van der Waals surface area contributed by atoms with E-state index in [9.17, 15) is 13.2 Å². The number of aromatic nitrogens is 3. The number of benzene rings is 2. The Kier molecular flexibility index (Phi) is 5.91. The van der Waals surface area contributed by atoms with Gasteiger partial charge in [-0.1, -0.05) is 13.0 Å². The molecule has 0 unspecified atom stereocenters. The number of imidazole rings is 1. The van der Waals surface area contributed by atoms with Gasteiger partial charge in [-0.2, -0.15) is 0 Å². The predicted octanol–water partition coefficient (Wildman–Crippen LogP) is 3.85. The van der Waals surface area contributed by atoms with Gasteiger partial charge in [-0.15, -0.1) is 0 Å². The first-order valence-corrected chi connectivity index (χ1v) is 11.7. The largest absolute Gasteiger partial charge is 0.457 e. The number of amides is 1. The van der Waals surface area contributed by atoms with Gasteiger partial charge in [0.2, 0.25) is 5.91 Å². The van der Waals surface area contributed by atoms with Crippen molar-refractivity contribution in [1.29, 1.82) is 0 Å². The van der Waals surface area contributed by atoms with Crippen LogP contribution in [0.4, 0.5) is 0 Å². The van der Waals surface area contributed by atoms with Crippen LogP contribution < -0.4 is 10.1 Å². The van der Waals surface area contributed by atoms with Crippen LogP contribution in [0.3, 0.4) is 0 Å². The summed E-state index contributed by atoms with van der Waals surface area (Å²) in [6.45, 7) is 3.31. The highest BCUT2D eigenvalue weighted by Crippen LogP contribution is 2.31. The molecular weight excluding hydrogens is 428 g/mol. The summed E-state index contributed by atoms with van der Waals surface area (Å²) in [4.78, 5) is 23.9. The van der Waals surface area contributed by atoms with Crippen LogP contribution >= 0.6 is 0 Å². The van der Waals surface area contributed by atoms with Gasteiger partial charge < -0.3 is 15.0 Å². The Morgan fingerprint density at radius 1 is 1.12 bits per heavy atom. The topological polar surface area (TPSA) is 114 Å². The molecule has 4 aromatic rings. The quantitative estimate of drug-likeness (QED) is 0.442. The second-order valence-electron chi connectivity index (χ2n) is 7.16. The molecule has 1 amide bonds. The predicted molar refractivity (Wildman–Crippen MR) is 121 cm³/mol. The molecule has 0 spiro atoms. The van der Waals surface area contributed by atoms with E-state index in [1.807, 2.05) is 24.3 Å². The number of nitrogens with one attached hydrogen (secondary N) is 2. The lowest BCUT2D eigenvalue weighted by molar-refractivity contribution is -0.119. The third-order valence-electron chi connectivity index (χ3n) is 4.89. The van der Waals surface area contributed by atoms with Crippen molar-refractivity contribution in [2.24, 2.45) is 0 Å². The molecule has 2 aromatic carbocycles. The Bertz CT molecular complexity index is 1360. The summed E-state index contributed by atoms with van der Waals surface area (Å²) < 4.78 is 30.1. The van der Waals surface area contributed by atoms with E-state index in [1.165, 1.54) is 19.1 Å². The molecule has 0 aliphatic rings. The van der Waals surface area contributed by atoms with Crippen molar-refractivity contribution in [3.8, 4) is 23.0 Å². The minimum Gasteiger partial charge on any atom is -0.457 e. The molecule has 2 N–H and O–H groups in total. The molecule has 9 heteroatoms. The lowest BCUT2D eigenvalue weighted by Gasteiger charge is -2.12. The van der Waals surface area contributed by atoms with Crippen LogP contribution in [0.2, 0.25) is 0 Å². The number of pyridine rings is 1. The highest BCUT2D eigenvalue weighted by atomic mass is 32.2. The molecule has 0 bridgehead atoms. The van der Waals surface area contributed by atoms with Crippen LogP contribution in [-0.2, 0) is 21.2 Å². The van der Waals surface area contributed by atoms with Crippen molar-refractivity contribution >= 4 is 26.8 Å². The molecule has 0 radical (unpaired) electrons. The van der Waals surface area contributed by atoms with E-state index < -0.39 is 9.84 Å². The molecule has 0 fully saturated rings. The van der Waals surface area contributed by atoms with Crippen LogP contribution in [0.25, 0.3) is 22.6 Å². The third kappa shape index (κ3) is 4.62. The first-order chi connectivity index (χ1) is 15.4. The molecule has 32 heavy (non-hydrogen) atoms. The van der Waals surface area contributed by atoms with Crippen LogP contribution in [-0.4, -0.2) is 35.0 Å². The lowest BCUT2D eigenvalue weighted by Crippen LogP contribution is -2.19. The smallest absolute Gasteiger partial charge is 0.217 e. The number of H-pyrrole nitrogens is 1. The molecule has 2 aromatic heterocycles. The Hall–Kier alpha value is -3.72. The van der Waals surface area contributed by atoms with E-state index in [1.54, 1.807) is 31.3 Å². The van der Waals surface area contributed by atoms with Crippen LogP contribution in [0.5, 0.6) is 11.5 Å². The van der Waals surface area contributed by atoms with Gasteiger partial charge in [0.25, 0.3) is 0 Å². The number of hydrogen-bond donors (Lipinski definition) is 2. The van der Waals surface area contributed by atoms with Gasteiger partial charge in [-0.05, 0) is 42.5 Å². The van der Waals surface area contributed by atoms with Crippen LogP contribution in [0, 0.1) is 0 Å². The first-order valence-electron chi connectivity index (χ1n) is 10.0. The Labute approximate surface area is 185 Å². The molecule has 0 aliphatic heterocycles. The van der Waals surface area contributed by atoms with Gasteiger partial charge in [0.1, 0.15) is 17.2 Å². The van der Waals surface area contributed by atoms with Crippen molar-refractivity contribution in [2.75, 3.05) is 5.75 Å². The van der Waals surface area contributed by atoms with Crippen LogP contribution in [0.15, 0.2) is 65.7 Å². The molecule has 164 valence electrons. The number of fused-ring (bicyclic) bond motifs is 1. The maximum Gasteiger partial charge on any atom is 0.217 e. The van der Waals surface area contributed by atoms with Crippen LogP contribution in [0.1, 0.15) is 19.4 Å². The number of rotatable bonds is 7. The third-order valence-corrected chi connectivity index (χ3v) is 6.64. The van der Waals surface area contributed by atoms with E-state index >= 15 is 0 Å². The first kappa shape index (κ1) is 21.5. The molecule has 0 saturated carbocycles. The SMILES string of the molecule is CCS(=O)(=O)c1ccc(Oc2cc3nc(-c4ccccn4)[nH]c3cc2CNC(C)=O)cc1. The number of carbonyl (C=O) groups is 1. The van der Waals surface area contributed by atoms with Gasteiger partial charge in [0.15, 0.2) is 15.7 Å². The number of carbonyl (C=O) groups excluding carboxylic acids is 1. The fraction of sp³-hybridized carbons (Fsp3) is 0.174. The molecule has 8 nitrogen and oxygen atoms in total. The summed E-state index contributed by atoms with van der Waals surface area (Å²) in [5, 5.41) is 2.78. The normalized spacial score (nSPS) is 11.4. The summed E-state index contributed by atoms with van der Waals surface area (Å²) in [5.41, 5.74) is 2.91. The molecule has 0 aliphatic carbocycles. The zero-order chi connectivity index (χ0) is 22.7. The maximum atomic E-state index is 12.0. The number of hydrogen-bond acceptors (Lipinski definition) is 6. The fourth-order valence-corrected chi connectivity index (χ4v) is 4.05. The van der Waals surface area contributed by atoms with Crippen molar-refractivity contribution < 1.29 is 17.9 Å². The van der Waals surface area contributed by atoms with Crippen molar-refractivity contribution in [2.45, 2.75) is 25.3 Å².